The second kappa shape index (κ2) is 6.18. The molecule has 1 aromatic rings. The zero-order chi connectivity index (χ0) is 13.9. The number of hydrogen-bond donors (Lipinski definition) is 3. The molecule has 1 aromatic carbocycles. The number of hydrazine groups is 1. The number of halogens is 1. The summed E-state index contributed by atoms with van der Waals surface area (Å²) < 4.78 is 14.0. The Hall–Kier alpha value is -1.01. The van der Waals surface area contributed by atoms with Crippen LogP contribution in [0.15, 0.2) is 24.3 Å². The lowest BCUT2D eigenvalue weighted by Crippen LogP contribution is -2.45. The molecule has 110 valence electrons. The second-order valence-corrected chi connectivity index (χ2v) is 5.72. The summed E-state index contributed by atoms with van der Waals surface area (Å²) in [6.45, 7) is 3.14. The molecule has 3 rings (SSSR count). The Bertz CT molecular complexity index is 456. The summed E-state index contributed by atoms with van der Waals surface area (Å²) in [7, 11) is 0. The number of hydrogen-bond acceptors (Lipinski definition) is 4. The van der Waals surface area contributed by atoms with E-state index in [1.165, 1.54) is 6.07 Å². The molecule has 0 spiro atoms. The quantitative estimate of drug-likeness (QED) is 0.771. The van der Waals surface area contributed by atoms with Gasteiger partial charge in [-0.1, -0.05) is 18.2 Å². The third-order valence-electron chi connectivity index (χ3n) is 4.47. The third-order valence-corrected chi connectivity index (χ3v) is 4.47. The van der Waals surface area contributed by atoms with Crippen molar-refractivity contribution in [2.24, 2.45) is 5.92 Å². The van der Waals surface area contributed by atoms with E-state index in [1.54, 1.807) is 6.07 Å². The van der Waals surface area contributed by atoms with Gasteiger partial charge in [0, 0.05) is 37.2 Å². The molecular weight excluding hydrogens is 257 g/mol. The Kier molecular flexibility index (Phi) is 4.31. The Morgan fingerprint density at radius 1 is 1.30 bits per heavy atom. The second-order valence-electron chi connectivity index (χ2n) is 5.72. The van der Waals surface area contributed by atoms with Gasteiger partial charge >= 0.3 is 0 Å². The fourth-order valence-electron chi connectivity index (χ4n) is 3.41. The maximum Gasteiger partial charge on any atom is 0.128 e. The van der Waals surface area contributed by atoms with Gasteiger partial charge in [-0.05, 0) is 25.5 Å². The largest absolute Gasteiger partial charge is 0.396 e. The van der Waals surface area contributed by atoms with E-state index in [-0.39, 0.29) is 18.5 Å². The number of nitrogens with one attached hydrogen (secondary N) is 2. The van der Waals surface area contributed by atoms with E-state index in [1.807, 2.05) is 12.1 Å². The predicted molar refractivity (Wildman–Crippen MR) is 75.5 cm³/mol. The van der Waals surface area contributed by atoms with E-state index in [9.17, 15) is 4.39 Å². The van der Waals surface area contributed by atoms with E-state index in [4.69, 9.17) is 5.11 Å². The van der Waals surface area contributed by atoms with Crippen molar-refractivity contribution in [3.05, 3.63) is 35.6 Å². The molecular formula is C15H22FN3O. The van der Waals surface area contributed by atoms with Gasteiger partial charge in [0.1, 0.15) is 5.82 Å². The highest BCUT2D eigenvalue weighted by atomic mass is 19.1. The van der Waals surface area contributed by atoms with Gasteiger partial charge in [-0.2, -0.15) is 0 Å². The first-order valence-corrected chi connectivity index (χ1v) is 7.38. The molecule has 5 heteroatoms. The van der Waals surface area contributed by atoms with E-state index in [2.05, 4.69) is 15.8 Å². The molecule has 0 amide bonds. The van der Waals surface area contributed by atoms with Crippen LogP contribution in [0.5, 0.6) is 0 Å². The summed E-state index contributed by atoms with van der Waals surface area (Å²) in [6.07, 6.45) is 1.87. The molecule has 3 N–H and O–H groups in total. The van der Waals surface area contributed by atoms with Crippen molar-refractivity contribution in [1.82, 2.24) is 15.8 Å². The molecule has 2 aliphatic rings. The van der Waals surface area contributed by atoms with Gasteiger partial charge in [0.25, 0.3) is 0 Å². The van der Waals surface area contributed by atoms with Crippen LogP contribution in [0.3, 0.4) is 0 Å². The van der Waals surface area contributed by atoms with E-state index in [0.717, 1.165) is 38.0 Å². The Labute approximate surface area is 118 Å². The SMILES string of the molecule is OCCCN1CCC2NNC(c3ccccc3F)C2C1. The lowest BCUT2D eigenvalue weighted by Gasteiger charge is -2.36. The fourth-order valence-corrected chi connectivity index (χ4v) is 3.41. The molecule has 2 heterocycles. The lowest BCUT2D eigenvalue weighted by molar-refractivity contribution is 0.142. The van der Waals surface area contributed by atoms with Gasteiger partial charge in [0.05, 0.1) is 6.04 Å². The summed E-state index contributed by atoms with van der Waals surface area (Å²) in [5.74, 6) is 0.235. The predicted octanol–water partition coefficient (Wildman–Crippen LogP) is 1.05. The number of likely N-dealkylation sites (tertiary alicyclic amines) is 1. The standard InChI is InChI=1S/C15H22FN3O/c16-13-5-2-1-4-11(13)15-12-10-19(7-3-9-20)8-6-14(12)17-18-15/h1-2,4-5,12,14-15,17-18,20H,3,6-10H2. The molecule has 0 aromatic heterocycles. The fraction of sp³-hybridized carbons (Fsp3) is 0.600. The Balaban J connectivity index is 1.73. The molecule has 0 aliphatic carbocycles. The monoisotopic (exact) mass is 279 g/mol. The highest BCUT2D eigenvalue weighted by Gasteiger charge is 2.40. The number of rotatable bonds is 4. The van der Waals surface area contributed by atoms with E-state index in [0.29, 0.717) is 12.0 Å². The Morgan fingerprint density at radius 2 is 2.15 bits per heavy atom. The van der Waals surface area contributed by atoms with Crippen molar-refractivity contribution in [2.45, 2.75) is 24.9 Å². The molecule has 4 nitrogen and oxygen atoms in total. The minimum Gasteiger partial charge on any atom is -0.396 e. The van der Waals surface area contributed by atoms with Gasteiger partial charge in [-0.15, -0.1) is 0 Å². The van der Waals surface area contributed by atoms with Crippen LogP contribution in [0.25, 0.3) is 0 Å². The molecule has 2 aliphatic heterocycles. The van der Waals surface area contributed by atoms with Crippen molar-refractivity contribution >= 4 is 0 Å². The highest BCUT2D eigenvalue weighted by Crippen LogP contribution is 2.34. The molecule has 3 unspecified atom stereocenters. The summed E-state index contributed by atoms with van der Waals surface area (Å²) in [6, 6.07) is 7.44. The number of aliphatic hydroxyl groups is 1. The smallest absolute Gasteiger partial charge is 0.128 e. The number of aliphatic hydroxyl groups excluding tert-OH is 1. The van der Waals surface area contributed by atoms with Crippen LogP contribution in [-0.2, 0) is 0 Å². The van der Waals surface area contributed by atoms with Crippen molar-refractivity contribution < 1.29 is 9.50 Å². The molecule has 20 heavy (non-hydrogen) atoms. The van der Waals surface area contributed by atoms with Gasteiger partial charge in [0.15, 0.2) is 0 Å². The van der Waals surface area contributed by atoms with E-state index >= 15 is 0 Å². The van der Waals surface area contributed by atoms with Crippen LogP contribution in [0.4, 0.5) is 4.39 Å². The minimum atomic E-state index is -0.139. The number of nitrogens with zero attached hydrogens (tertiary/aromatic N) is 1. The maximum absolute atomic E-state index is 14.0. The molecule has 0 radical (unpaired) electrons. The highest BCUT2D eigenvalue weighted by molar-refractivity contribution is 5.24. The zero-order valence-electron chi connectivity index (χ0n) is 11.6. The van der Waals surface area contributed by atoms with Gasteiger partial charge in [-0.3, -0.25) is 5.43 Å². The van der Waals surface area contributed by atoms with Crippen molar-refractivity contribution in [3.8, 4) is 0 Å². The first-order valence-electron chi connectivity index (χ1n) is 7.38. The zero-order valence-corrected chi connectivity index (χ0v) is 11.6. The van der Waals surface area contributed by atoms with Crippen LogP contribution in [0.1, 0.15) is 24.4 Å². The first-order chi connectivity index (χ1) is 9.79. The topological polar surface area (TPSA) is 47.5 Å². The van der Waals surface area contributed by atoms with Crippen LogP contribution >= 0.6 is 0 Å². The van der Waals surface area contributed by atoms with Gasteiger partial charge in [-0.25, -0.2) is 9.82 Å². The Morgan fingerprint density at radius 3 is 2.95 bits per heavy atom. The number of fused-ring (bicyclic) bond motifs is 1. The average Bonchev–Trinajstić information content (AvgIpc) is 2.88. The third kappa shape index (κ3) is 2.72. The van der Waals surface area contributed by atoms with Gasteiger partial charge < -0.3 is 10.0 Å². The minimum absolute atomic E-state index is 0.0260. The molecule has 0 bridgehead atoms. The maximum atomic E-state index is 14.0. The summed E-state index contributed by atoms with van der Waals surface area (Å²) in [5, 5.41) is 8.95. The summed E-state index contributed by atoms with van der Waals surface area (Å²) in [4.78, 5) is 2.37. The summed E-state index contributed by atoms with van der Waals surface area (Å²) >= 11 is 0. The van der Waals surface area contributed by atoms with Gasteiger partial charge in [0.2, 0.25) is 0 Å². The molecule has 2 saturated heterocycles. The van der Waals surface area contributed by atoms with Crippen LogP contribution in [0, 0.1) is 11.7 Å². The first kappa shape index (κ1) is 13.9. The van der Waals surface area contributed by atoms with E-state index < -0.39 is 0 Å². The summed E-state index contributed by atoms with van der Waals surface area (Å²) in [5.41, 5.74) is 7.33. The molecule has 3 atom stereocenters. The van der Waals surface area contributed by atoms with Crippen LogP contribution in [-0.4, -0.2) is 42.3 Å². The molecule has 0 saturated carbocycles. The van der Waals surface area contributed by atoms with Crippen molar-refractivity contribution in [3.63, 3.8) is 0 Å². The number of benzene rings is 1. The number of piperidine rings is 1. The van der Waals surface area contributed by atoms with Crippen LogP contribution < -0.4 is 10.9 Å². The van der Waals surface area contributed by atoms with Crippen molar-refractivity contribution in [1.29, 1.82) is 0 Å². The van der Waals surface area contributed by atoms with Crippen molar-refractivity contribution in [2.75, 3.05) is 26.2 Å². The normalized spacial score (nSPS) is 30.4. The average molecular weight is 279 g/mol. The van der Waals surface area contributed by atoms with Crippen LogP contribution in [0.2, 0.25) is 0 Å². The lowest BCUT2D eigenvalue weighted by atomic mass is 9.85. The molecule has 2 fully saturated rings.